The van der Waals surface area contributed by atoms with Gasteiger partial charge in [-0.1, -0.05) is 43.3 Å². The third-order valence-corrected chi connectivity index (χ3v) is 4.51. The summed E-state index contributed by atoms with van der Waals surface area (Å²) in [6.07, 6.45) is 8.22. The van der Waals surface area contributed by atoms with Crippen LogP contribution in [0.4, 0.5) is 0 Å². The lowest BCUT2D eigenvalue weighted by Gasteiger charge is -2.26. The van der Waals surface area contributed by atoms with Crippen molar-refractivity contribution in [1.29, 1.82) is 0 Å². The monoisotopic (exact) mass is 300 g/mol. The highest BCUT2D eigenvalue weighted by atomic mass is 16.1. The molecule has 2 atom stereocenters. The van der Waals surface area contributed by atoms with Crippen molar-refractivity contribution in [3.8, 4) is 0 Å². The first kappa shape index (κ1) is 16.8. The minimum absolute atomic E-state index is 0.148. The Bertz CT molecular complexity index is 505. The first-order valence-corrected chi connectivity index (χ1v) is 8.29. The smallest absolute Gasteiger partial charge is 0.223 e. The molecule has 22 heavy (non-hydrogen) atoms. The molecule has 120 valence electrons. The number of nitrogens with zero attached hydrogens (tertiary/aromatic N) is 1. The Morgan fingerprint density at radius 2 is 2.00 bits per heavy atom. The number of likely N-dealkylation sites (N-methyl/N-ethyl adjacent to an activating group) is 1. The van der Waals surface area contributed by atoms with Crippen molar-refractivity contribution in [1.82, 2.24) is 10.2 Å². The van der Waals surface area contributed by atoms with Gasteiger partial charge in [-0.25, -0.2) is 0 Å². The van der Waals surface area contributed by atoms with E-state index in [1.807, 2.05) is 0 Å². The van der Waals surface area contributed by atoms with Crippen LogP contribution >= 0.6 is 0 Å². The molecule has 3 heteroatoms. The van der Waals surface area contributed by atoms with E-state index in [0.29, 0.717) is 6.54 Å². The van der Waals surface area contributed by atoms with Crippen LogP contribution in [-0.4, -0.2) is 31.4 Å². The molecule has 2 rings (SSSR count). The van der Waals surface area contributed by atoms with Gasteiger partial charge < -0.3 is 10.2 Å². The Morgan fingerprint density at radius 3 is 2.55 bits per heavy atom. The van der Waals surface area contributed by atoms with E-state index >= 15 is 0 Å². The second-order valence-corrected chi connectivity index (χ2v) is 6.30. The maximum atomic E-state index is 12.3. The van der Waals surface area contributed by atoms with Gasteiger partial charge in [0, 0.05) is 12.5 Å². The SMILES string of the molecule is CCc1ccc(C(CNC(=O)C2CC=CCC2)N(C)C)cc1. The third-order valence-electron chi connectivity index (χ3n) is 4.51. The number of carbonyl (C=O) groups excluding carboxylic acids is 1. The number of amides is 1. The number of allylic oxidation sites excluding steroid dienone is 2. The summed E-state index contributed by atoms with van der Waals surface area (Å²) < 4.78 is 0. The second kappa shape index (κ2) is 8.14. The maximum Gasteiger partial charge on any atom is 0.223 e. The molecule has 1 amide bonds. The summed E-state index contributed by atoms with van der Waals surface area (Å²) in [6.45, 7) is 2.83. The maximum absolute atomic E-state index is 12.3. The molecule has 1 aromatic carbocycles. The number of hydrogen-bond donors (Lipinski definition) is 1. The Morgan fingerprint density at radius 1 is 1.27 bits per heavy atom. The summed E-state index contributed by atoms with van der Waals surface area (Å²) in [5.74, 6) is 0.344. The fourth-order valence-electron chi connectivity index (χ4n) is 2.95. The molecule has 1 N–H and O–H groups in total. The van der Waals surface area contributed by atoms with Gasteiger partial charge in [-0.15, -0.1) is 0 Å². The largest absolute Gasteiger partial charge is 0.354 e. The molecule has 0 fully saturated rings. The van der Waals surface area contributed by atoms with Crippen LogP contribution in [-0.2, 0) is 11.2 Å². The van der Waals surface area contributed by atoms with Crippen molar-refractivity contribution in [2.45, 2.75) is 38.6 Å². The molecule has 0 spiro atoms. The summed E-state index contributed by atoms with van der Waals surface area (Å²) in [5, 5.41) is 3.15. The first-order chi connectivity index (χ1) is 10.6. The van der Waals surface area contributed by atoms with Gasteiger partial charge in [-0.2, -0.15) is 0 Å². The lowest BCUT2D eigenvalue weighted by molar-refractivity contribution is -0.125. The number of hydrogen-bond acceptors (Lipinski definition) is 2. The van der Waals surface area contributed by atoms with E-state index in [9.17, 15) is 4.79 Å². The average Bonchev–Trinajstić information content (AvgIpc) is 2.56. The zero-order valence-corrected chi connectivity index (χ0v) is 14.0. The lowest BCUT2D eigenvalue weighted by atomic mass is 9.93. The molecule has 0 saturated carbocycles. The van der Waals surface area contributed by atoms with E-state index in [4.69, 9.17) is 0 Å². The van der Waals surface area contributed by atoms with Crippen molar-refractivity contribution in [3.63, 3.8) is 0 Å². The molecular weight excluding hydrogens is 272 g/mol. The number of benzene rings is 1. The Labute approximate surface area is 134 Å². The van der Waals surface area contributed by atoms with Crippen LogP contribution in [0, 0.1) is 5.92 Å². The molecule has 1 aromatic rings. The number of rotatable bonds is 6. The van der Waals surface area contributed by atoms with Crippen LogP contribution in [0.2, 0.25) is 0 Å². The predicted molar refractivity (Wildman–Crippen MR) is 91.7 cm³/mol. The van der Waals surface area contributed by atoms with Crippen molar-refractivity contribution < 1.29 is 4.79 Å². The predicted octanol–water partition coefficient (Wildman–Crippen LogP) is 3.32. The highest BCUT2D eigenvalue weighted by Crippen LogP contribution is 2.21. The fourth-order valence-corrected chi connectivity index (χ4v) is 2.95. The van der Waals surface area contributed by atoms with E-state index in [1.54, 1.807) is 0 Å². The van der Waals surface area contributed by atoms with Gasteiger partial charge in [0.15, 0.2) is 0 Å². The quantitative estimate of drug-likeness (QED) is 0.817. The second-order valence-electron chi connectivity index (χ2n) is 6.30. The lowest BCUT2D eigenvalue weighted by Crippen LogP contribution is -2.38. The van der Waals surface area contributed by atoms with Crippen molar-refractivity contribution >= 4 is 5.91 Å². The molecule has 0 aromatic heterocycles. The normalized spacial score (nSPS) is 19.2. The molecule has 0 radical (unpaired) electrons. The van der Waals surface area contributed by atoms with Gasteiger partial charge in [-0.05, 0) is 50.9 Å². The molecule has 0 bridgehead atoms. The highest BCUT2D eigenvalue weighted by Gasteiger charge is 2.21. The van der Waals surface area contributed by atoms with E-state index in [1.165, 1.54) is 11.1 Å². The van der Waals surface area contributed by atoms with E-state index in [2.05, 4.69) is 67.7 Å². The first-order valence-electron chi connectivity index (χ1n) is 8.29. The minimum Gasteiger partial charge on any atom is -0.354 e. The van der Waals surface area contributed by atoms with Gasteiger partial charge in [0.1, 0.15) is 0 Å². The molecule has 1 aliphatic carbocycles. The van der Waals surface area contributed by atoms with Gasteiger partial charge >= 0.3 is 0 Å². The van der Waals surface area contributed by atoms with E-state index in [-0.39, 0.29) is 17.9 Å². The van der Waals surface area contributed by atoms with Crippen LogP contribution < -0.4 is 5.32 Å². The van der Waals surface area contributed by atoms with Crippen LogP contribution in [0.1, 0.15) is 43.4 Å². The Balaban J connectivity index is 1.96. The van der Waals surface area contributed by atoms with Gasteiger partial charge in [0.25, 0.3) is 0 Å². The van der Waals surface area contributed by atoms with Gasteiger partial charge in [0.05, 0.1) is 6.04 Å². The van der Waals surface area contributed by atoms with E-state index in [0.717, 1.165) is 25.7 Å². The van der Waals surface area contributed by atoms with Gasteiger partial charge in [0.2, 0.25) is 5.91 Å². The molecule has 0 heterocycles. The summed E-state index contributed by atoms with van der Waals surface area (Å²) in [4.78, 5) is 14.5. The molecule has 0 saturated heterocycles. The van der Waals surface area contributed by atoms with Crippen LogP contribution in [0.15, 0.2) is 36.4 Å². The molecule has 0 aliphatic heterocycles. The summed E-state index contributed by atoms with van der Waals surface area (Å²) in [5.41, 5.74) is 2.60. The number of carbonyl (C=O) groups is 1. The Hall–Kier alpha value is -1.61. The zero-order valence-electron chi connectivity index (χ0n) is 14.0. The summed E-state index contributed by atoms with van der Waals surface area (Å²) >= 11 is 0. The topological polar surface area (TPSA) is 32.3 Å². The molecule has 1 aliphatic rings. The standard InChI is InChI=1S/C19H28N2O/c1-4-15-10-12-16(13-11-15)18(21(2)3)14-20-19(22)17-8-6-5-7-9-17/h5-6,10-13,17-18H,4,7-9,14H2,1-3H3,(H,20,22). The number of nitrogens with one attached hydrogen (secondary N) is 1. The van der Waals surface area contributed by atoms with Crippen LogP contribution in [0.3, 0.4) is 0 Å². The zero-order chi connectivity index (χ0) is 15.9. The van der Waals surface area contributed by atoms with Crippen molar-refractivity contribution in [2.75, 3.05) is 20.6 Å². The van der Waals surface area contributed by atoms with E-state index < -0.39 is 0 Å². The molecule has 2 unspecified atom stereocenters. The average molecular weight is 300 g/mol. The van der Waals surface area contributed by atoms with Gasteiger partial charge in [-0.3, -0.25) is 4.79 Å². The summed E-state index contributed by atoms with van der Waals surface area (Å²) in [7, 11) is 4.13. The van der Waals surface area contributed by atoms with Crippen molar-refractivity contribution in [3.05, 3.63) is 47.5 Å². The van der Waals surface area contributed by atoms with Crippen LogP contribution in [0.5, 0.6) is 0 Å². The minimum atomic E-state index is 0.148. The highest BCUT2D eigenvalue weighted by molar-refractivity contribution is 5.79. The Kier molecular flexibility index (Phi) is 6.20. The third kappa shape index (κ3) is 4.44. The molecule has 3 nitrogen and oxygen atoms in total. The van der Waals surface area contributed by atoms with Crippen molar-refractivity contribution in [2.24, 2.45) is 5.92 Å². The summed E-state index contributed by atoms with van der Waals surface area (Å²) in [6, 6.07) is 8.94. The molecular formula is C19H28N2O. The fraction of sp³-hybridized carbons (Fsp3) is 0.526. The van der Waals surface area contributed by atoms with Crippen LogP contribution in [0.25, 0.3) is 0 Å². The number of aryl methyl sites for hydroxylation is 1.